The van der Waals surface area contributed by atoms with Crippen LogP contribution in [-0.4, -0.2) is 12.6 Å². The van der Waals surface area contributed by atoms with Crippen LogP contribution in [0.1, 0.15) is 20.7 Å². The van der Waals surface area contributed by atoms with Gasteiger partial charge in [-0.2, -0.15) is 0 Å². The summed E-state index contributed by atoms with van der Waals surface area (Å²) >= 11 is 0. The maximum absolute atomic E-state index is 10.2. The Bertz CT molecular complexity index is 231. The van der Waals surface area contributed by atoms with Crippen LogP contribution in [0.25, 0.3) is 0 Å². The van der Waals surface area contributed by atoms with Crippen LogP contribution in [0.15, 0.2) is 24.3 Å². The monoisotopic (exact) mass is 152 g/mol. The quantitative estimate of drug-likeness (QED) is 0.655. The second kappa shape index (κ2) is 4.35. The maximum atomic E-state index is 10.2. The van der Waals surface area contributed by atoms with Crippen molar-refractivity contribution < 1.29 is 9.59 Å². The average Bonchev–Trinajstić information content (AvgIpc) is 2.04. The summed E-state index contributed by atoms with van der Waals surface area (Å²) in [7, 11) is 0. The van der Waals surface area contributed by atoms with Crippen molar-refractivity contribution in [1.82, 2.24) is 6.15 Å². The van der Waals surface area contributed by atoms with Gasteiger partial charge in [-0.15, -0.1) is 0 Å². The summed E-state index contributed by atoms with van der Waals surface area (Å²) < 4.78 is 0. The largest absolute Gasteiger partial charge is 0.369 e. The minimum absolute atomic E-state index is 0. The molecule has 0 aliphatic heterocycles. The van der Waals surface area contributed by atoms with E-state index in [2.05, 4.69) is 0 Å². The molecule has 0 radical (unpaired) electrons. The Hall–Kier alpha value is -1.48. The van der Waals surface area contributed by atoms with Crippen LogP contribution in [0.2, 0.25) is 0 Å². The number of quaternary nitrogens is 1. The van der Waals surface area contributed by atoms with Crippen molar-refractivity contribution in [1.29, 1.82) is 0 Å². The first kappa shape index (κ1) is 9.52. The summed E-state index contributed by atoms with van der Waals surface area (Å²) in [4.78, 5) is 20.5. The van der Waals surface area contributed by atoms with Gasteiger partial charge in [0.05, 0.1) is 0 Å². The van der Waals surface area contributed by atoms with E-state index in [9.17, 15) is 9.59 Å². The van der Waals surface area contributed by atoms with Crippen LogP contribution < -0.4 is 6.15 Å². The molecule has 0 saturated heterocycles. The molecule has 58 valence electrons. The number of rotatable bonds is 2. The van der Waals surface area contributed by atoms with Gasteiger partial charge >= 0.3 is 0 Å². The molecule has 1 aromatic carbocycles. The molecule has 1 rings (SSSR count). The highest BCUT2D eigenvalue weighted by Gasteiger charge is 1.95. The van der Waals surface area contributed by atoms with Gasteiger partial charge in [-0.1, -0.05) is 24.3 Å². The lowest BCUT2D eigenvalue weighted by atomic mass is 10.1. The average molecular weight is 152 g/mol. The molecule has 11 heavy (non-hydrogen) atoms. The minimum atomic E-state index is 0. The fraction of sp³-hybridized carbons (Fsp3) is 0. The SMILES string of the molecule is O=Cc1ccccc1C=O.[NH4+]. The van der Waals surface area contributed by atoms with Gasteiger partial charge in [0.2, 0.25) is 0 Å². The zero-order valence-corrected chi connectivity index (χ0v) is 6.28. The van der Waals surface area contributed by atoms with Gasteiger partial charge in [0.1, 0.15) is 0 Å². The first-order chi connectivity index (χ1) is 4.88. The Labute approximate surface area is 64.6 Å². The van der Waals surface area contributed by atoms with Crippen molar-refractivity contribution >= 4 is 12.6 Å². The summed E-state index contributed by atoms with van der Waals surface area (Å²) in [6.45, 7) is 0. The normalized spacial score (nSPS) is 8.00. The summed E-state index contributed by atoms with van der Waals surface area (Å²) in [6.07, 6.45) is 1.34. The van der Waals surface area contributed by atoms with Crippen molar-refractivity contribution in [3.63, 3.8) is 0 Å². The third kappa shape index (κ3) is 1.98. The molecule has 0 aromatic heterocycles. The Morgan fingerprint density at radius 1 is 0.909 bits per heavy atom. The second-order valence-corrected chi connectivity index (χ2v) is 1.86. The topological polar surface area (TPSA) is 70.6 Å². The molecule has 0 aliphatic rings. The van der Waals surface area contributed by atoms with Crippen LogP contribution in [0, 0.1) is 0 Å². The molecule has 0 spiro atoms. The van der Waals surface area contributed by atoms with E-state index in [-0.39, 0.29) is 6.15 Å². The predicted molar refractivity (Wildman–Crippen MR) is 43.2 cm³/mol. The molecule has 0 amide bonds. The first-order valence-corrected chi connectivity index (χ1v) is 2.88. The smallest absolute Gasteiger partial charge is 0.150 e. The van der Waals surface area contributed by atoms with E-state index in [4.69, 9.17) is 0 Å². The van der Waals surface area contributed by atoms with Gasteiger partial charge in [-0.3, -0.25) is 9.59 Å². The molecule has 3 heteroatoms. The van der Waals surface area contributed by atoms with Crippen LogP contribution in [0.3, 0.4) is 0 Å². The van der Waals surface area contributed by atoms with Crippen LogP contribution >= 0.6 is 0 Å². The van der Waals surface area contributed by atoms with Crippen LogP contribution in [-0.2, 0) is 0 Å². The van der Waals surface area contributed by atoms with Gasteiger partial charge in [-0.25, -0.2) is 0 Å². The fourth-order valence-corrected chi connectivity index (χ4v) is 0.726. The standard InChI is InChI=1S/C8H6O2.H3N/c9-5-7-3-1-2-4-8(7)6-10;/h1-6H;1H3/p+1. The Morgan fingerprint density at radius 2 is 1.27 bits per heavy atom. The van der Waals surface area contributed by atoms with E-state index in [0.717, 1.165) is 0 Å². The number of carbonyl (C=O) groups excluding carboxylic acids is 2. The highest BCUT2D eigenvalue weighted by atomic mass is 16.1. The van der Waals surface area contributed by atoms with Crippen molar-refractivity contribution in [3.05, 3.63) is 35.4 Å². The molecule has 0 unspecified atom stereocenters. The molecule has 0 heterocycles. The molecule has 0 fully saturated rings. The van der Waals surface area contributed by atoms with E-state index < -0.39 is 0 Å². The lowest BCUT2D eigenvalue weighted by Gasteiger charge is -1.91. The van der Waals surface area contributed by atoms with Crippen LogP contribution in [0.4, 0.5) is 0 Å². The van der Waals surface area contributed by atoms with E-state index >= 15 is 0 Å². The predicted octanol–water partition coefficient (Wildman–Crippen LogP) is 1.69. The van der Waals surface area contributed by atoms with E-state index in [0.29, 0.717) is 23.7 Å². The third-order valence-electron chi connectivity index (χ3n) is 1.25. The number of benzene rings is 1. The third-order valence-corrected chi connectivity index (χ3v) is 1.25. The summed E-state index contributed by atoms with van der Waals surface area (Å²) in [5, 5.41) is 0. The highest BCUT2D eigenvalue weighted by molar-refractivity contribution is 5.89. The number of hydrogen-bond acceptors (Lipinski definition) is 2. The van der Waals surface area contributed by atoms with Crippen molar-refractivity contribution in [2.75, 3.05) is 0 Å². The lowest BCUT2D eigenvalue weighted by Crippen LogP contribution is -1.87. The molecule has 0 atom stereocenters. The van der Waals surface area contributed by atoms with Gasteiger partial charge in [0.15, 0.2) is 12.6 Å². The first-order valence-electron chi connectivity index (χ1n) is 2.88. The Balaban J connectivity index is 0.000001000. The highest BCUT2D eigenvalue weighted by Crippen LogP contribution is 2.01. The van der Waals surface area contributed by atoms with Gasteiger partial charge in [0, 0.05) is 11.1 Å². The Kier molecular flexibility index (Phi) is 3.77. The molecule has 1 aromatic rings. The number of hydrogen-bond donors (Lipinski definition) is 1. The molecule has 0 saturated carbocycles. The molecule has 4 N–H and O–H groups in total. The fourth-order valence-electron chi connectivity index (χ4n) is 0.726. The molecule has 0 bridgehead atoms. The van der Waals surface area contributed by atoms with Gasteiger partial charge < -0.3 is 6.15 Å². The maximum Gasteiger partial charge on any atom is 0.150 e. The summed E-state index contributed by atoms with van der Waals surface area (Å²) in [5.74, 6) is 0. The van der Waals surface area contributed by atoms with Gasteiger partial charge in [-0.05, 0) is 0 Å². The van der Waals surface area contributed by atoms with Gasteiger partial charge in [0.25, 0.3) is 0 Å². The summed E-state index contributed by atoms with van der Waals surface area (Å²) in [5.41, 5.74) is 0.884. The number of carbonyl (C=O) groups is 2. The van der Waals surface area contributed by atoms with Crippen molar-refractivity contribution in [2.24, 2.45) is 0 Å². The lowest BCUT2D eigenvalue weighted by molar-refractivity contribution is 0.109. The molecular formula is C8H10NO2+. The molecular weight excluding hydrogens is 142 g/mol. The van der Waals surface area contributed by atoms with E-state index in [1.807, 2.05) is 0 Å². The number of aldehydes is 2. The minimum Gasteiger partial charge on any atom is -0.369 e. The van der Waals surface area contributed by atoms with Crippen molar-refractivity contribution in [2.45, 2.75) is 0 Å². The Morgan fingerprint density at radius 3 is 1.55 bits per heavy atom. The zero-order chi connectivity index (χ0) is 7.40. The zero-order valence-electron chi connectivity index (χ0n) is 6.28. The molecule has 3 nitrogen and oxygen atoms in total. The second-order valence-electron chi connectivity index (χ2n) is 1.86. The summed E-state index contributed by atoms with van der Waals surface area (Å²) in [6, 6.07) is 6.65. The molecule has 0 aliphatic carbocycles. The van der Waals surface area contributed by atoms with E-state index in [1.54, 1.807) is 24.3 Å². The van der Waals surface area contributed by atoms with Crippen LogP contribution in [0.5, 0.6) is 0 Å². The van der Waals surface area contributed by atoms with Crippen molar-refractivity contribution in [3.8, 4) is 0 Å². The van der Waals surface area contributed by atoms with E-state index in [1.165, 1.54) is 0 Å².